The largest absolute Gasteiger partial charge is 0.316 e. The molecule has 1 saturated heterocycles. The fourth-order valence-electron chi connectivity index (χ4n) is 2.84. The first-order valence-corrected chi connectivity index (χ1v) is 6.87. The molecule has 1 aromatic heterocycles. The van der Waals surface area contributed by atoms with E-state index in [1.165, 1.54) is 35.9 Å². The maximum Gasteiger partial charge on any atom is 0.0702 e. The highest BCUT2D eigenvalue weighted by atomic mass is 14.9. The normalized spacial score (nSPS) is 20.2. The smallest absolute Gasteiger partial charge is 0.0702 e. The van der Waals surface area contributed by atoms with Crippen molar-refractivity contribution in [2.75, 3.05) is 13.1 Å². The molecule has 1 unspecified atom stereocenters. The molecule has 0 radical (unpaired) electrons. The Kier molecular flexibility index (Phi) is 3.28. The van der Waals surface area contributed by atoms with Gasteiger partial charge in [-0.15, -0.1) is 0 Å². The third-order valence-electron chi connectivity index (χ3n) is 3.82. The molecule has 1 aromatic carbocycles. The predicted molar refractivity (Wildman–Crippen MR) is 75.8 cm³/mol. The molecule has 18 heavy (non-hydrogen) atoms. The van der Waals surface area contributed by atoms with Gasteiger partial charge in [-0.3, -0.25) is 4.98 Å². The van der Waals surface area contributed by atoms with Crippen molar-refractivity contribution in [3.63, 3.8) is 0 Å². The van der Waals surface area contributed by atoms with Crippen molar-refractivity contribution in [1.82, 2.24) is 10.3 Å². The first-order valence-electron chi connectivity index (χ1n) is 6.87. The summed E-state index contributed by atoms with van der Waals surface area (Å²) in [5.41, 5.74) is 3.79. The summed E-state index contributed by atoms with van der Waals surface area (Å²) in [5, 5.41) is 4.76. The highest BCUT2D eigenvalue weighted by Gasteiger charge is 2.13. The molecule has 94 valence electrons. The first-order chi connectivity index (χ1) is 8.81. The van der Waals surface area contributed by atoms with Crippen molar-refractivity contribution in [2.45, 2.75) is 26.2 Å². The van der Waals surface area contributed by atoms with Gasteiger partial charge in [0.15, 0.2) is 0 Å². The van der Waals surface area contributed by atoms with Gasteiger partial charge in [0.05, 0.1) is 5.52 Å². The van der Waals surface area contributed by atoms with Gasteiger partial charge in [0, 0.05) is 11.6 Å². The van der Waals surface area contributed by atoms with Crippen LogP contribution in [0, 0.1) is 12.8 Å². The van der Waals surface area contributed by atoms with Crippen LogP contribution in [0.25, 0.3) is 10.9 Å². The minimum absolute atomic E-state index is 0.780. The number of pyridine rings is 1. The molecule has 1 aliphatic heterocycles. The van der Waals surface area contributed by atoms with Crippen LogP contribution in [0.15, 0.2) is 30.5 Å². The van der Waals surface area contributed by atoms with Crippen LogP contribution in [-0.2, 0) is 6.42 Å². The van der Waals surface area contributed by atoms with Crippen LogP contribution < -0.4 is 5.32 Å². The SMILES string of the molecule is Cc1ccc2ncc(CC3CCCNC3)cc2c1. The van der Waals surface area contributed by atoms with Crippen LogP contribution in [-0.4, -0.2) is 18.1 Å². The molecule has 2 nitrogen and oxygen atoms in total. The Bertz CT molecular complexity index is 542. The maximum absolute atomic E-state index is 4.57. The summed E-state index contributed by atoms with van der Waals surface area (Å²) < 4.78 is 0. The van der Waals surface area contributed by atoms with Crippen molar-refractivity contribution in [1.29, 1.82) is 0 Å². The topological polar surface area (TPSA) is 24.9 Å². The lowest BCUT2D eigenvalue weighted by atomic mass is 9.92. The van der Waals surface area contributed by atoms with E-state index < -0.39 is 0 Å². The second-order valence-corrected chi connectivity index (χ2v) is 5.46. The van der Waals surface area contributed by atoms with Crippen LogP contribution >= 0.6 is 0 Å². The van der Waals surface area contributed by atoms with E-state index in [0.29, 0.717) is 0 Å². The molecule has 0 bridgehead atoms. The summed E-state index contributed by atoms with van der Waals surface area (Å²) in [6.07, 6.45) is 5.86. The Morgan fingerprint density at radius 3 is 3.11 bits per heavy atom. The second-order valence-electron chi connectivity index (χ2n) is 5.46. The summed E-state index contributed by atoms with van der Waals surface area (Å²) in [7, 11) is 0. The van der Waals surface area contributed by atoms with E-state index in [1.807, 2.05) is 6.20 Å². The van der Waals surface area contributed by atoms with Crippen LogP contribution in [0.2, 0.25) is 0 Å². The summed E-state index contributed by atoms with van der Waals surface area (Å²) >= 11 is 0. The molecular formula is C16H20N2. The highest BCUT2D eigenvalue weighted by Crippen LogP contribution is 2.20. The fraction of sp³-hybridized carbons (Fsp3) is 0.438. The number of hydrogen-bond acceptors (Lipinski definition) is 2. The van der Waals surface area contributed by atoms with Gasteiger partial charge in [-0.1, -0.05) is 11.6 Å². The maximum atomic E-state index is 4.57. The number of aromatic nitrogens is 1. The van der Waals surface area contributed by atoms with E-state index in [-0.39, 0.29) is 0 Å². The van der Waals surface area contributed by atoms with Gasteiger partial charge in [-0.25, -0.2) is 0 Å². The summed E-state index contributed by atoms with van der Waals surface area (Å²) in [5.74, 6) is 0.780. The van der Waals surface area contributed by atoms with Gasteiger partial charge in [0.25, 0.3) is 0 Å². The Labute approximate surface area is 108 Å². The average Bonchev–Trinajstić information content (AvgIpc) is 2.39. The Balaban J connectivity index is 1.83. The van der Waals surface area contributed by atoms with Crippen LogP contribution in [0.1, 0.15) is 24.0 Å². The number of aryl methyl sites for hydroxylation is 1. The fourth-order valence-corrected chi connectivity index (χ4v) is 2.84. The number of nitrogens with zero attached hydrogens (tertiary/aromatic N) is 1. The van der Waals surface area contributed by atoms with Gasteiger partial charge in [0.2, 0.25) is 0 Å². The Morgan fingerprint density at radius 1 is 1.33 bits per heavy atom. The lowest BCUT2D eigenvalue weighted by molar-refractivity contribution is 0.376. The molecule has 0 spiro atoms. The zero-order valence-electron chi connectivity index (χ0n) is 10.9. The molecular weight excluding hydrogens is 220 g/mol. The molecule has 1 aliphatic rings. The minimum atomic E-state index is 0.780. The van der Waals surface area contributed by atoms with Gasteiger partial charge < -0.3 is 5.32 Å². The quantitative estimate of drug-likeness (QED) is 0.872. The minimum Gasteiger partial charge on any atom is -0.316 e. The second kappa shape index (κ2) is 5.07. The molecule has 3 rings (SSSR count). The Hall–Kier alpha value is -1.41. The predicted octanol–water partition coefficient (Wildman–Crippen LogP) is 3.09. The van der Waals surface area contributed by atoms with Crippen molar-refractivity contribution in [3.05, 3.63) is 41.6 Å². The van der Waals surface area contributed by atoms with Crippen molar-refractivity contribution >= 4 is 10.9 Å². The number of rotatable bonds is 2. The lowest BCUT2D eigenvalue weighted by Crippen LogP contribution is -2.30. The van der Waals surface area contributed by atoms with Crippen LogP contribution in [0.4, 0.5) is 0 Å². The van der Waals surface area contributed by atoms with E-state index in [2.05, 4.69) is 41.5 Å². The third kappa shape index (κ3) is 2.54. The Morgan fingerprint density at radius 2 is 2.28 bits per heavy atom. The first kappa shape index (κ1) is 11.7. The molecule has 1 fully saturated rings. The van der Waals surface area contributed by atoms with E-state index >= 15 is 0 Å². The lowest BCUT2D eigenvalue weighted by Gasteiger charge is -2.22. The van der Waals surface area contributed by atoms with E-state index in [4.69, 9.17) is 0 Å². The zero-order valence-corrected chi connectivity index (χ0v) is 10.9. The molecule has 0 saturated carbocycles. The van der Waals surface area contributed by atoms with Gasteiger partial charge >= 0.3 is 0 Å². The molecule has 0 amide bonds. The van der Waals surface area contributed by atoms with Crippen molar-refractivity contribution in [2.24, 2.45) is 5.92 Å². The van der Waals surface area contributed by atoms with Crippen molar-refractivity contribution in [3.8, 4) is 0 Å². The average molecular weight is 240 g/mol. The third-order valence-corrected chi connectivity index (χ3v) is 3.82. The molecule has 0 aliphatic carbocycles. The van der Waals surface area contributed by atoms with Crippen molar-refractivity contribution < 1.29 is 0 Å². The van der Waals surface area contributed by atoms with E-state index in [1.54, 1.807) is 0 Å². The summed E-state index contributed by atoms with van der Waals surface area (Å²) in [4.78, 5) is 4.57. The number of piperidine rings is 1. The van der Waals surface area contributed by atoms with Gasteiger partial charge in [-0.2, -0.15) is 0 Å². The number of nitrogens with one attached hydrogen (secondary N) is 1. The number of fused-ring (bicyclic) bond motifs is 1. The molecule has 1 atom stereocenters. The van der Waals surface area contributed by atoms with E-state index in [9.17, 15) is 0 Å². The molecule has 2 heteroatoms. The van der Waals surface area contributed by atoms with Crippen LogP contribution in [0.5, 0.6) is 0 Å². The monoisotopic (exact) mass is 240 g/mol. The number of hydrogen-bond donors (Lipinski definition) is 1. The highest BCUT2D eigenvalue weighted by molar-refractivity contribution is 5.79. The summed E-state index contributed by atoms with van der Waals surface area (Å²) in [6, 6.07) is 8.77. The molecule has 2 aromatic rings. The zero-order chi connectivity index (χ0) is 12.4. The standard InChI is InChI=1S/C16H20N2/c1-12-4-5-16-15(7-12)9-14(11-18-16)8-13-3-2-6-17-10-13/h4-5,7,9,11,13,17H,2-3,6,8,10H2,1H3. The van der Waals surface area contributed by atoms with E-state index in [0.717, 1.165) is 24.4 Å². The summed E-state index contributed by atoms with van der Waals surface area (Å²) in [6.45, 7) is 4.48. The van der Waals surface area contributed by atoms with Gasteiger partial charge in [-0.05, 0) is 69.0 Å². The van der Waals surface area contributed by atoms with Crippen LogP contribution in [0.3, 0.4) is 0 Å². The van der Waals surface area contributed by atoms with Gasteiger partial charge in [0.1, 0.15) is 0 Å². The molecule has 1 N–H and O–H groups in total. The number of benzene rings is 1. The molecule has 2 heterocycles.